The van der Waals surface area contributed by atoms with Crippen molar-refractivity contribution in [2.24, 2.45) is 0 Å². The molecule has 80 valence electrons. The molecule has 0 saturated carbocycles. The van der Waals surface area contributed by atoms with Crippen molar-refractivity contribution in [1.29, 1.82) is 0 Å². The molecule has 0 aliphatic heterocycles. The van der Waals surface area contributed by atoms with E-state index in [4.69, 9.17) is 5.11 Å². The van der Waals surface area contributed by atoms with E-state index < -0.39 is 10.0 Å². The van der Waals surface area contributed by atoms with Gasteiger partial charge >= 0.3 is 0 Å². The molecule has 0 spiro atoms. The summed E-state index contributed by atoms with van der Waals surface area (Å²) in [6, 6.07) is -0.0681. The lowest BCUT2D eigenvalue weighted by Gasteiger charge is -2.12. The lowest BCUT2D eigenvalue weighted by atomic mass is 10.4. The van der Waals surface area contributed by atoms with Crippen molar-refractivity contribution in [2.45, 2.75) is 19.9 Å². The molecule has 6 heteroatoms. The number of hydrogen-bond donors (Lipinski definition) is 2. The monoisotopic (exact) mass is 227 g/mol. The third-order valence-corrected chi connectivity index (χ3v) is 3.94. The van der Waals surface area contributed by atoms with Crippen LogP contribution >= 0.6 is 11.8 Å². The van der Waals surface area contributed by atoms with E-state index in [2.05, 4.69) is 4.72 Å². The highest BCUT2D eigenvalue weighted by Gasteiger charge is 2.12. The minimum absolute atomic E-state index is 0.0681. The quantitative estimate of drug-likeness (QED) is 0.644. The first-order valence-corrected chi connectivity index (χ1v) is 7.01. The molecule has 4 nitrogen and oxygen atoms in total. The van der Waals surface area contributed by atoms with Gasteiger partial charge in [-0.05, 0) is 12.7 Å². The first-order chi connectivity index (χ1) is 6.02. The standard InChI is InChI=1S/C7H17NO3S2/c1-3-12-6-7(2)8-13(10,11)5-4-9/h7-9H,3-6H2,1-2H3. The Kier molecular flexibility index (Phi) is 6.75. The molecule has 0 heterocycles. The lowest BCUT2D eigenvalue weighted by molar-refractivity contribution is 0.319. The maximum atomic E-state index is 11.1. The third kappa shape index (κ3) is 7.30. The summed E-state index contributed by atoms with van der Waals surface area (Å²) in [5, 5.41) is 8.47. The predicted molar refractivity (Wildman–Crippen MR) is 56.5 cm³/mol. The summed E-state index contributed by atoms with van der Waals surface area (Å²) in [5.74, 6) is 1.53. The van der Waals surface area contributed by atoms with Gasteiger partial charge in [-0.2, -0.15) is 11.8 Å². The van der Waals surface area contributed by atoms with E-state index >= 15 is 0 Å². The van der Waals surface area contributed by atoms with Crippen LogP contribution in [0.15, 0.2) is 0 Å². The summed E-state index contributed by atoms with van der Waals surface area (Å²) >= 11 is 1.69. The second kappa shape index (κ2) is 6.64. The van der Waals surface area contributed by atoms with Crippen molar-refractivity contribution in [1.82, 2.24) is 4.72 Å². The Labute approximate surface area is 84.2 Å². The van der Waals surface area contributed by atoms with Gasteiger partial charge in [-0.3, -0.25) is 0 Å². The molecule has 0 aliphatic rings. The van der Waals surface area contributed by atoms with Gasteiger partial charge < -0.3 is 5.11 Å². The maximum absolute atomic E-state index is 11.1. The second-order valence-electron chi connectivity index (χ2n) is 2.72. The Morgan fingerprint density at radius 2 is 2.15 bits per heavy atom. The van der Waals surface area contributed by atoms with Crippen molar-refractivity contribution in [2.75, 3.05) is 23.9 Å². The Balaban J connectivity index is 3.82. The Bertz CT molecular complexity index is 216. The SMILES string of the molecule is CCSCC(C)NS(=O)(=O)CCO. The first kappa shape index (κ1) is 13.2. The average Bonchev–Trinajstić information content (AvgIpc) is 1.99. The molecule has 0 radical (unpaired) electrons. The zero-order valence-corrected chi connectivity index (χ0v) is 9.62. The largest absolute Gasteiger partial charge is 0.395 e. The summed E-state index contributed by atoms with van der Waals surface area (Å²) in [4.78, 5) is 0. The number of sulfonamides is 1. The van der Waals surface area contributed by atoms with E-state index in [1.807, 2.05) is 13.8 Å². The van der Waals surface area contributed by atoms with Crippen LogP contribution in [0.1, 0.15) is 13.8 Å². The highest BCUT2D eigenvalue weighted by atomic mass is 32.2. The topological polar surface area (TPSA) is 66.4 Å². The van der Waals surface area contributed by atoms with Crippen molar-refractivity contribution >= 4 is 21.8 Å². The lowest BCUT2D eigenvalue weighted by Crippen LogP contribution is -2.36. The molecule has 0 aromatic carbocycles. The van der Waals surface area contributed by atoms with Gasteiger partial charge in [-0.15, -0.1) is 0 Å². The molecule has 0 saturated heterocycles. The van der Waals surface area contributed by atoms with Crippen LogP contribution in [-0.2, 0) is 10.0 Å². The summed E-state index contributed by atoms with van der Waals surface area (Å²) in [7, 11) is -3.27. The highest BCUT2D eigenvalue weighted by Crippen LogP contribution is 2.02. The fourth-order valence-electron chi connectivity index (χ4n) is 0.814. The number of nitrogens with one attached hydrogen (secondary N) is 1. The summed E-state index contributed by atoms with van der Waals surface area (Å²) in [5.41, 5.74) is 0. The molecule has 0 fully saturated rings. The molecule has 13 heavy (non-hydrogen) atoms. The van der Waals surface area contributed by atoms with Crippen LogP contribution in [0, 0.1) is 0 Å². The van der Waals surface area contributed by atoms with Crippen molar-refractivity contribution in [3.63, 3.8) is 0 Å². The molecular formula is C7H17NO3S2. The normalized spacial score (nSPS) is 14.4. The number of aliphatic hydroxyl groups excluding tert-OH is 1. The van der Waals surface area contributed by atoms with Gasteiger partial charge in [-0.25, -0.2) is 13.1 Å². The Morgan fingerprint density at radius 3 is 2.62 bits per heavy atom. The molecule has 1 unspecified atom stereocenters. The van der Waals surface area contributed by atoms with Crippen LogP contribution in [0.5, 0.6) is 0 Å². The van der Waals surface area contributed by atoms with E-state index in [-0.39, 0.29) is 18.4 Å². The van der Waals surface area contributed by atoms with Gasteiger partial charge in [0.15, 0.2) is 0 Å². The molecular weight excluding hydrogens is 210 g/mol. The van der Waals surface area contributed by atoms with Crippen LogP contribution in [0.3, 0.4) is 0 Å². The van der Waals surface area contributed by atoms with Crippen LogP contribution in [0.4, 0.5) is 0 Å². The fraction of sp³-hybridized carbons (Fsp3) is 1.00. The molecule has 0 aromatic heterocycles. The first-order valence-electron chi connectivity index (χ1n) is 4.20. The molecule has 0 bridgehead atoms. The van der Waals surface area contributed by atoms with Crippen LogP contribution in [0.25, 0.3) is 0 Å². The smallest absolute Gasteiger partial charge is 0.214 e. The summed E-state index contributed by atoms with van der Waals surface area (Å²) < 4.78 is 24.7. The molecule has 0 amide bonds. The predicted octanol–water partition coefficient (Wildman–Crippen LogP) is 0.0397. The van der Waals surface area contributed by atoms with Gasteiger partial charge in [0.05, 0.1) is 12.4 Å². The van der Waals surface area contributed by atoms with E-state index in [1.54, 1.807) is 11.8 Å². The number of thioether (sulfide) groups is 1. The fourth-order valence-corrected chi connectivity index (χ4v) is 2.65. The number of hydrogen-bond acceptors (Lipinski definition) is 4. The van der Waals surface area contributed by atoms with Crippen LogP contribution in [0.2, 0.25) is 0 Å². The number of rotatable bonds is 7. The van der Waals surface area contributed by atoms with E-state index in [1.165, 1.54) is 0 Å². The minimum atomic E-state index is -3.27. The number of aliphatic hydroxyl groups is 1. The summed E-state index contributed by atoms with van der Waals surface area (Å²) in [6.45, 7) is 3.51. The molecule has 1 atom stereocenters. The average molecular weight is 227 g/mol. The van der Waals surface area contributed by atoms with Gasteiger partial charge in [0.2, 0.25) is 10.0 Å². The minimum Gasteiger partial charge on any atom is -0.395 e. The van der Waals surface area contributed by atoms with E-state index in [0.717, 1.165) is 11.5 Å². The Hall–Kier alpha value is 0.220. The van der Waals surface area contributed by atoms with Crippen molar-refractivity contribution in [3.05, 3.63) is 0 Å². The Morgan fingerprint density at radius 1 is 1.54 bits per heavy atom. The van der Waals surface area contributed by atoms with E-state index in [9.17, 15) is 8.42 Å². The van der Waals surface area contributed by atoms with Crippen molar-refractivity contribution < 1.29 is 13.5 Å². The zero-order valence-electron chi connectivity index (χ0n) is 7.99. The van der Waals surface area contributed by atoms with Crippen LogP contribution < -0.4 is 4.72 Å². The second-order valence-corrected chi connectivity index (χ2v) is 5.91. The molecule has 0 aromatic rings. The van der Waals surface area contributed by atoms with Crippen LogP contribution in [-0.4, -0.2) is 43.4 Å². The third-order valence-electron chi connectivity index (χ3n) is 1.31. The van der Waals surface area contributed by atoms with Gasteiger partial charge in [0.25, 0.3) is 0 Å². The maximum Gasteiger partial charge on any atom is 0.214 e. The van der Waals surface area contributed by atoms with Gasteiger partial charge in [-0.1, -0.05) is 6.92 Å². The van der Waals surface area contributed by atoms with Crippen molar-refractivity contribution in [3.8, 4) is 0 Å². The highest BCUT2D eigenvalue weighted by molar-refractivity contribution is 7.99. The molecule has 0 rings (SSSR count). The summed E-state index contributed by atoms with van der Waals surface area (Å²) in [6.07, 6.45) is 0. The zero-order chi connectivity index (χ0) is 10.3. The van der Waals surface area contributed by atoms with Gasteiger partial charge in [0.1, 0.15) is 0 Å². The van der Waals surface area contributed by atoms with Gasteiger partial charge in [0, 0.05) is 11.8 Å². The molecule has 2 N–H and O–H groups in total. The molecule has 0 aliphatic carbocycles. The van der Waals surface area contributed by atoms with E-state index in [0.29, 0.717) is 0 Å².